The maximum atomic E-state index is 12.4. The number of hydrogen-bond acceptors (Lipinski definition) is 3. The maximum absolute atomic E-state index is 12.4. The van der Waals surface area contributed by atoms with Crippen LogP contribution in [-0.4, -0.2) is 25.7 Å². The topological polar surface area (TPSA) is 67.5 Å². The van der Waals surface area contributed by atoms with Gasteiger partial charge in [-0.3, -0.25) is 4.79 Å². The van der Waals surface area contributed by atoms with Crippen LogP contribution in [0.25, 0.3) is 5.65 Å². The number of halogens is 3. The van der Waals surface area contributed by atoms with Crippen molar-refractivity contribution >= 4 is 11.6 Å². The Morgan fingerprint density at radius 1 is 1.44 bits per heavy atom. The van der Waals surface area contributed by atoms with E-state index in [1.165, 1.54) is 13.1 Å². The number of aromatic nitrogens is 3. The Morgan fingerprint density at radius 2 is 2.11 bits per heavy atom. The minimum Gasteiger partial charge on any atom is -0.481 e. The molecule has 2 rings (SSSR count). The van der Waals surface area contributed by atoms with E-state index in [1.807, 2.05) is 0 Å². The molecular weight excluding hydrogens is 251 g/mol. The monoisotopic (exact) mass is 259 g/mol. The molecule has 0 saturated carbocycles. The number of carbonyl (C=O) groups is 1. The second-order valence-corrected chi connectivity index (χ2v) is 3.77. The Kier molecular flexibility index (Phi) is 2.72. The van der Waals surface area contributed by atoms with Crippen molar-refractivity contribution in [3.8, 4) is 0 Å². The Morgan fingerprint density at radius 3 is 2.67 bits per heavy atom. The van der Waals surface area contributed by atoms with Gasteiger partial charge < -0.3 is 5.11 Å². The lowest BCUT2D eigenvalue weighted by molar-refractivity contribution is -0.139. The predicted molar refractivity (Wildman–Crippen MR) is 54.0 cm³/mol. The summed E-state index contributed by atoms with van der Waals surface area (Å²) in [6.45, 7) is 1.42. The first-order chi connectivity index (χ1) is 8.30. The van der Waals surface area contributed by atoms with Crippen LogP contribution in [0.3, 0.4) is 0 Å². The number of carboxylic acids is 1. The van der Waals surface area contributed by atoms with E-state index in [4.69, 9.17) is 5.11 Å². The Hall–Kier alpha value is -2.12. The second kappa shape index (κ2) is 3.97. The molecule has 0 saturated heterocycles. The molecule has 0 aromatic carbocycles. The van der Waals surface area contributed by atoms with Gasteiger partial charge in [-0.2, -0.15) is 18.3 Å². The lowest BCUT2D eigenvalue weighted by Crippen LogP contribution is -2.10. The third kappa shape index (κ3) is 2.01. The summed E-state index contributed by atoms with van der Waals surface area (Å²) in [7, 11) is 0. The zero-order valence-corrected chi connectivity index (χ0v) is 9.14. The van der Waals surface area contributed by atoms with Crippen LogP contribution >= 0.6 is 0 Å². The third-order valence-electron chi connectivity index (χ3n) is 2.55. The van der Waals surface area contributed by atoms with Gasteiger partial charge in [0.05, 0.1) is 17.7 Å². The molecule has 18 heavy (non-hydrogen) atoms. The van der Waals surface area contributed by atoms with Crippen LogP contribution in [0.4, 0.5) is 13.2 Å². The fraction of sp³-hybridized carbons (Fsp3) is 0.300. The first-order valence-electron chi connectivity index (χ1n) is 4.94. The molecule has 0 bridgehead atoms. The molecule has 1 unspecified atom stereocenters. The smallest absolute Gasteiger partial charge is 0.419 e. The van der Waals surface area contributed by atoms with Gasteiger partial charge in [-0.05, 0) is 6.92 Å². The minimum atomic E-state index is -4.51. The Labute approximate surface area is 98.9 Å². The van der Waals surface area contributed by atoms with E-state index >= 15 is 0 Å². The molecule has 0 fully saturated rings. The summed E-state index contributed by atoms with van der Waals surface area (Å²) in [5.74, 6) is -1.97. The highest BCUT2D eigenvalue weighted by atomic mass is 19.4. The summed E-state index contributed by atoms with van der Waals surface area (Å²) in [6.07, 6.45) is -1.86. The summed E-state index contributed by atoms with van der Waals surface area (Å²) >= 11 is 0. The SMILES string of the molecule is CC(C(=O)O)c1cnn2cc(C(F)(F)F)cnc12. The number of hydrogen-bond donors (Lipinski definition) is 1. The number of carboxylic acid groups (broad SMARTS) is 1. The summed E-state index contributed by atoms with van der Waals surface area (Å²) in [6, 6.07) is 0. The number of alkyl halides is 3. The first kappa shape index (κ1) is 12.3. The predicted octanol–water partition coefficient (Wildman–Crippen LogP) is 1.94. The highest BCUT2D eigenvalue weighted by Crippen LogP contribution is 2.29. The zero-order chi connectivity index (χ0) is 13.5. The van der Waals surface area contributed by atoms with Crippen molar-refractivity contribution < 1.29 is 23.1 Å². The highest BCUT2D eigenvalue weighted by Gasteiger charge is 2.32. The number of aliphatic carboxylic acids is 1. The second-order valence-electron chi connectivity index (χ2n) is 3.77. The van der Waals surface area contributed by atoms with E-state index < -0.39 is 23.6 Å². The number of rotatable bonds is 2. The average Bonchev–Trinajstić information content (AvgIpc) is 2.69. The molecule has 1 N–H and O–H groups in total. The van der Waals surface area contributed by atoms with Crippen molar-refractivity contribution in [3.05, 3.63) is 29.7 Å². The van der Waals surface area contributed by atoms with Crippen molar-refractivity contribution in [2.75, 3.05) is 0 Å². The van der Waals surface area contributed by atoms with E-state index in [-0.39, 0.29) is 11.2 Å². The molecule has 2 aromatic heterocycles. The summed E-state index contributed by atoms with van der Waals surface area (Å²) in [5.41, 5.74) is -0.554. The molecule has 0 aliphatic heterocycles. The molecule has 0 spiro atoms. The van der Waals surface area contributed by atoms with Crippen LogP contribution in [0.15, 0.2) is 18.6 Å². The van der Waals surface area contributed by atoms with Gasteiger partial charge in [0.2, 0.25) is 0 Å². The van der Waals surface area contributed by atoms with Crippen LogP contribution < -0.4 is 0 Å². The standard InChI is InChI=1S/C10H8F3N3O2/c1-5(9(17)18)7-3-15-16-4-6(10(11,12)13)2-14-8(7)16/h2-5H,1H3,(H,17,18). The maximum Gasteiger partial charge on any atom is 0.419 e. The molecule has 0 aliphatic rings. The Balaban J connectivity index is 2.54. The average molecular weight is 259 g/mol. The van der Waals surface area contributed by atoms with Gasteiger partial charge in [-0.15, -0.1) is 0 Å². The lowest BCUT2D eigenvalue weighted by Gasteiger charge is -2.07. The van der Waals surface area contributed by atoms with Crippen molar-refractivity contribution in [2.45, 2.75) is 19.0 Å². The number of fused-ring (bicyclic) bond motifs is 1. The van der Waals surface area contributed by atoms with Crippen LogP contribution in [0.1, 0.15) is 24.0 Å². The fourth-order valence-electron chi connectivity index (χ4n) is 1.48. The molecule has 8 heteroatoms. The van der Waals surface area contributed by atoms with E-state index in [2.05, 4.69) is 10.1 Å². The van der Waals surface area contributed by atoms with Gasteiger partial charge in [-0.1, -0.05) is 0 Å². The van der Waals surface area contributed by atoms with E-state index in [0.29, 0.717) is 6.20 Å². The van der Waals surface area contributed by atoms with Crippen LogP contribution in [-0.2, 0) is 11.0 Å². The van der Waals surface area contributed by atoms with Gasteiger partial charge >= 0.3 is 12.1 Å². The molecule has 2 aromatic rings. The normalized spacial score (nSPS) is 13.8. The lowest BCUT2D eigenvalue weighted by atomic mass is 10.1. The van der Waals surface area contributed by atoms with Gasteiger partial charge in [0.15, 0.2) is 5.65 Å². The number of nitrogens with zero attached hydrogens (tertiary/aromatic N) is 3. The molecule has 0 aliphatic carbocycles. The molecule has 2 heterocycles. The molecule has 5 nitrogen and oxygen atoms in total. The van der Waals surface area contributed by atoms with E-state index in [1.54, 1.807) is 0 Å². The largest absolute Gasteiger partial charge is 0.481 e. The fourth-order valence-corrected chi connectivity index (χ4v) is 1.48. The van der Waals surface area contributed by atoms with E-state index in [0.717, 1.165) is 10.7 Å². The molecule has 1 atom stereocenters. The quantitative estimate of drug-likeness (QED) is 0.894. The van der Waals surface area contributed by atoms with Crippen LogP contribution in [0.2, 0.25) is 0 Å². The molecule has 96 valence electrons. The van der Waals surface area contributed by atoms with E-state index in [9.17, 15) is 18.0 Å². The highest BCUT2D eigenvalue weighted by molar-refractivity contribution is 5.78. The van der Waals surface area contributed by atoms with Gasteiger partial charge in [-0.25, -0.2) is 9.50 Å². The van der Waals surface area contributed by atoms with Gasteiger partial charge in [0, 0.05) is 18.0 Å². The van der Waals surface area contributed by atoms with Crippen molar-refractivity contribution in [1.82, 2.24) is 14.6 Å². The molecular formula is C10H8F3N3O2. The Bertz CT molecular complexity index is 606. The summed E-state index contributed by atoms with van der Waals surface area (Å²) in [5, 5.41) is 12.5. The van der Waals surface area contributed by atoms with Gasteiger partial charge in [0.25, 0.3) is 0 Å². The molecule has 0 amide bonds. The molecule has 0 radical (unpaired) electrons. The third-order valence-corrected chi connectivity index (χ3v) is 2.55. The van der Waals surface area contributed by atoms with Gasteiger partial charge in [0.1, 0.15) is 0 Å². The van der Waals surface area contributed by atoms with Crippen LogP contribution in [0.5, 0.6) is 0 Å². The minimum absolute atomic E-state index is 0.109. The first-order valence-corrected chi connectivity index (χ1v) is 4.94. The van der Waals surface area contributed by atoms with Crippen molar-refractivity contribution in [2.24, 2.45) is 0 Å². The summed E-state index contributed by atoms with van der Waals surface area (Å²) in [4.78, 5) is 14.5. The van der Waals surface area contributed by atoms with Crippen LogP contribution in [0, 0.1) is 0 Å². The van der Waals surface area contributed by atoms with Crippen molar-refractivity contribution in [3.63, 3.8) is 0 Å². The summed E-state index contributed by atoms with van der Waals surface area (Å²) < 4.78 is 38.2. The zero-order valence-electron chi connectivity index (χ0n) is 9.14. The van der Waals surface area contributed by atoms with Crippen molar-refractivity contribution in [1.29, 1.82) is 0 Å².